The summed E-state index contributed by atoms with van der Waals surface area (Å²) in [6.07, 6.45) is 3.31. The van der Waals surface area contributed by atoms with Gasteiger partial charge in [-0.3, -0.25) is 4.79 Å². The summed E-state index contributed by atoms with van der Waals surface area (Å²) in [5.74, 6) is -1.39. The van der Waals surface area contributed by atoms with Gasteiger partial charge in [-0.2, -0.15) is 0 Å². The van der Waals surface area contributed by atoms with E-state index < -0.39 is 18.0 Å². The zero-order valence-electron chi connectivity index (χ0n) is 8.69. The monoisotopic (exact) mass is 233 g/mol. The molecule has 0 amide bonds. The van der Waals surface area contributed by atoms with Gasteiger partial charge in [-0.25, -0.2) is 9.78 Å². The fourth-order valence-electron chi connectivity index (χ4n) is 0.934. The van der Waals surface area contributed by atoms with Gasteiger partial charge in [0.05, 0.1) is 6.33 Å². The van der Waals surface area contributed by atoms with Crippen molar-refractivity contribution in [3.05, 3.63) is 18.2 Å². The second-order valence-electron chi connectivity index (χ2n) is 2.80. The predicted octanol–water partition coefficient (Wildman–Crippen LogP) is -2.28. The first-order valence-corrected chi connectivity index (χ1v) is 4.04. The highest BCUT2D eigenvalue weighted by molar-refractivity contribution is 5.87. The van der Waals surface area contributed by atoms with Gasteiger partial charge < -0.3 is 26.4 Å². The number of hydrogen-bond acceptors (Lipinski definition) is 5. The molecule has 16 heavy (non-hydrogen) atoms. The number of ether oxygens (including phenoxy) is 1. The average molecular weight is 233 g/mol. The minimum Gasteiger partial charge on any atom is -0.412 e. The molecule has 0 spiro atoms. The quantitative estimate of drug-likeness (QED) is 0.443. The van der Waals surface area contributed by atoms with E-state index in [1.165, 1.54) is 6.33 Å². The summed E-state index contributed by atoms with van der Waals surface area (Å²) in [5.41, 5.74) is 6.20. The molecule has 1 aromatic heterocycles. The Morgan fingerprint density at radius 2 is 2.19 bits per heavy atom. The molecule has 7 N–H and O–H groups in total. The third-order valence-corrected chi connectivity index (χ3v) is 1.54. The third kappa shape index (κ3) is 5.20. The highest BCUT2D eigenvalue weighted by Crippen LogP contribution is 1.98. The number of rotatable bonds is 3. The van der Waals surface area contributed by atoms with E-state index in [4.69, 9.17) is 5.73 Å². The van der Waals surface area contributed by atoms with Crippen molar-refractivity contribution in [2.45, 2.75) is 19.4 Å². The molecule has 92 valence electrons. The zero-order valence-corrected chi connectivity index (χ0v) is 8.69. The largest absolute Gasteiger partial charge is 0.412 e. The van der Waals surface area contributed by atoms with Crippen LogP contribution in [0.5, 0.6) is 0 Å². The molecule has 0 unspecified atom stereocenters. The number of aromatic nitrogens is 2. The lowest BCUT2D eigenvalue weighted by Gasteiger charge is -2.07. The van der Waals surface area contributed by atoms with Gasteiger partial charge in [-0.05, 0) is 0 Å². The number of imidazole rings is 1. The molecule has 0 bridgehead atoms. The second-order valence-corrected chi connectivity index (χ2v) is 2.80. The SMILES string of the molecule is CC(=O)OC(=O)[C@@H](N)Cc1cnc[nH]1.O.O. The van der Waals surface area contributed by atoms with Gasteiger partial charge in [0, 0.05) is 25.2 Å². The molecule has 0 aliphatic rings. The van der Waals surface area contributed by atoms with Crippen molar-refractivity contribution in [1.29, 1.82) is 0 Å². The van der Waals surface area contributed by atoms with Crippen LogP contribution in [0.25, 0.3) is 0 Å². The van der Waals surface area contributed by atoms with Gasteiger partial charge in [-0.1, -0.05) is 0 Å². The van der Waals surface area contributed by atoms with Crippen LogP contribution in [0.15, 0.2) is 12.5 Å². The maximum atomic E-state index is 11.1. The molecular formula is C8H15N3O5. The van der Waals surface area contributed by atoms with Crippen LogP contribution in [0.1, 0.15) is 12.6 Å². The number of carbonyl (C=O) groups is 2. The average Bonchev–Trinajstić information content (AvgIpc) is 2.55. The topological polar surface area (TPSA) is 161 Å². The lowest BCUT2D eigenvalue weighted by Crippen LogP contribution is -2.35. The number of esters is 2. The minimum absolute atomic E-state index is 0. The Labute approximate surface area is 91.4 Å². The van der Waals surface area contributed by atoms with Gasteiger partial charge in [0.1, 0.15) is 6.04 Å². The lowest BCUT2D eigenvalue weighted by atomic mass is 10.2. The third-order valence-electron chi connectivity index (χ3n) is 1.54. The van der Waals surface area contributed by atoms with E-state index in [0.29, 0.717) is 0 Å². The zero-order chi connectivity index (χ0) is 10.6. The Hall–Kier alpha value is -1.77. The van der Waals surface area contributed by atoms with Crippen molar-refractivity contribution in [2.75, 3.05) is 0 Å². The number of nitrogens with zero attached hydrogens (tertiary/aromatic N) is 1. The normalized spacial score (nSPS) is 10.6. The summed E-state index contributed by atoms with van der Waals surface area (Å²) in [7, 11) is 0. The van der Waals surface area contributed by atoms with Crippen LogP contribution in [0.3, 0.4) is 0 Å². The maximum Gasteiger partial charge on any atom is 0.330 e. The van der Waals surface area contributed by atoms with E-state index in [1.807, 2.05) is 0 Å². The number of nitrogens with one attached hydrogen (secondary N) is 1. The van der Waals surface area contributed by atoms with E-state index in [0.717, 1.165) is 12.6 Å². The van der Waals surface area contributed by atoms with Crippen LogP contribution in [-0.2, 0) is 20.7 Å². The maximum absolute atomic E-state index is 11.1. The van der Waals surface area contributed by atoms with E-state index in [1.54, 1.807) is 6.20 Å². The molecule has 0 saturated carbocycles. The first-order chi connectivity index (χ1) is 6.59. The van der Waals surface area contributed by atoms with Crippen LogP contribution in [-0.4, -0.2) is 38.9 Å². The van der Waals surface area contributed by atoms with E-state index in [2.05, 4.69) is 14.7 Å². The van der Waals surface area contributed by atoms with Crippen molar-refractivity contribution in [1.82, 2.24) is 9.97 Å². The Bertz CT molecular complexity index is 324. The summed E-state index contributed by atoms with van der Waals surface area (Å²) in [6.45, 7) is 1.15. The summed E-state index contributed by atoms with van der Waals surface area (Å²) >= 11 is 0. The molecule has 8 heteroatoms. The van der Waals surface area contributed by atoms with Gasteiger partial charge in [-0.15, -0.1) is 0 Å². The van der Waals surface area contributed by atoms with Gasteiger partial charge in [0.15, 0.2) is 0 Å². The molecule has 0 saturated heterocycles. The van der Waals surface area contributed by atoms with Crippen molar-refractivity contribution in [3.63, 3.8) is 0 Å². The Kier molecular flexibility index (Phi) is 7.82. The van der Waals surface area contributed by atoms with E-state index >= 15 is 0 Å². The fourth-order valence-corrected chi connectivity index (χ4v) is 0.934. The highest BCUT2D eigenvalue weighted by atomic mass is 16.6. The summed E-state index contributed by atoms with van der Waals surface area (Å²) in [4.78, 5) is 28.1. The Balaban J connectivity index is 0. The lowest BCUT2D eigenvalue weighted by molar-refractivity contribution is -0.159. The summed E-state index contributed by atoms with van der Waals surface area (Å²) < 4.78 is 4.32. The number of H-pyrrole nitrogens is 1. The molecule has 1 heterocycles. The van der Waals surface area contributed by atoms with Crippen molar-refractivity contribution in [3.8, 4) is 0 Å². The van der Waals surface area contributed by atoms with Crippen LogP contribution in [0, 0.1) is 0 Å². The first-order valence-electron chi connectivity index (χ1n) is 4.04. The predicted molar refractivity (Wildman–Crippen MR) is 54.3 cm³/mol. The molecule has 0 aromatic carbocycles. The van der Waals surface area contributed by atoms with Gasteiger partial charge >= 0.3 is 11.9 Å². The molecule has 0 radical (unpaired) electrons. The van der Waals surface area contributed by atoms with E-state index in [9.17, 15) is 9.59 Å². The summed E-state index contributed by atoms with van der Waals surface area (Å²) in [6, 6.07) is -0.848. The first kappa shape index (κ1) is 16.7. The number of aromatic amines is 1. The molecule has 1 atom stereocenters. The van der Waals surface area contributed by atoms with Gasteiger partial charge in [0.25, 0.3) is 0 Å². The van der Waals surface area contributed by atoms with Crippen LogP contribution < -0.4 is 5.73 Å². The number of carbonyl (C=O) groups excluding carboxylic acids is 2. The molecule has 0 fully saturated rings. The number of nitrogens with two attached hydrogens (primary N) is 1. The van der Waals surface area contributed by atoms with Crippen LogP contribution >= 0.6 is 0 Å². The number of hydrogen-bond donors (Lipinski definition) is 2. The standard InChI is InChI=1S/C8H11N3O3.2H2O/c1-5(12)14-8(13)7(9)2-6-3-10-4-11-6;;/h3-4,7H,2,9H2,1H3,(H,10,11);2*1H2/t7-;;/m0../s1. The van der Waals surface area contributed by atoms with Crippen molar-refractivity contribution < 1.29 is 25.3 Å². The molecule has 0 aliphatic carbocycles. The molecular weight excluding hydrogens is 218 g/mol. The molecule has 1 rings (SSSR count). The molecule has 0 aliphatic heterocycles. The van der Waals surface area contributed by atoms with Crippen LogP contribution in [0.4, 0.5) is 0 Å². The fraction of sp³-hybridized carbons (Fsp3) is 0.375. The van der Waals surface area contributed by atoms with Crippen LogP contribution in [0.2, 0.25) is 0 Å². The Morgan fingerprint density at radius 1 is 1.56 bits per heavy atom. The molecule has 1 aromatic rings. The second kappa shape index (κ2) is 7.51. The summed E-state index contributed by atoms with van der Waals surface area (Å²) in [5, 5.41) is 0. The van der Waals surface area contributed by atoms with Crippen molar-refractivity contribution >= 4 is 11.9 Å². The van der Waals surface area contributed by atoms with Gasteiger partial charge in [0.2, 0.25) is 0 Å². The molecule has 8 nitrogen and oxygen atoms in total. The Morgan fingerprint density at radius 3 is 2.62 bits per heavy atom. The van der Waals surface area contributed by atoms with E-state index in [-0.39, 0.29) is 17.4 Å². The van der Waals surface area contributed by atoms with Crippen molar-refractivity contribution in [2.24, 2.45) is 5.73 Å². The minimum atomic E-state index is -0.848. The smallest absolute Gasteiger partial charge is 0.330 e. The highest BCUT2D eigenvalue weighted by Gasteiger charge is 2.17.